The van der Waals surface area contributed by atoms with Crippen LogP contribution in [0.4, 0.5) is 22.0 Å². The summed E-state index contributed by atoms with van der Waals surface area (Å²) in [6.45, 7) is 0. The van der Waals surface area contributed by atoms with Crippen LogP contribution in [0.2, 0.25) is 0 Å². The lowest BCUT2D eigenvalue weighted by Gasteiger charge is -2.18. The van der Waals surface area contributed by atoms with Crippen molar-refractivity contribution >= 4 is 0 Å². The van der Waals surface area contributed by atoms with Gasteiger partial charge in [-0.2, -0.15) is 0 Å². The fraction of sp³-hybridized carbons (Fsp3) is 0.167. The average molecular weight is 289 g/mol. The van der Waals surface area contributed by atoms with Crippen LogP contribution in [0.1, 0.15) is 17.2 Å². The number of halogens is 5. The normalized spacial score (nSPS) is 12.5. The summed E-state index contributed by atoms with van der Waals surface area (Å²) in [5.41, 5.74) is -0.808. The van der Waals surface area contributed by atoms with Gasteiger partial charge in [0.1, 0.15) is 6.33 Å². The molecule has 0 bridgehead atoms. The molecular formula is C12H8F5N3. The monoisotopic (exact) mass is 289 g/mol. The number of hydrogen-bond acceptors (Lipinski definition) is 3. The zero-order chi connectivity index (χ0) is 14.9. The third-order valence-electron chi connectivity index (χ3n) is 2.73. The SMILES string of the molecule is CNC(c1cncnc1)c1c(F)c(F)c(F)c(F)c1F. The molecule has 1 atom stereocenters. The molecule has 8 heteroatoms. The first kappa shape index (κ1) is 14.3. The Morgan fingerprint density at radius 3 is 1.75 bits per heavy atom. The number of rotatable bonds is 3. The number of nitrogens with one attached hydrogen (secondary N) is 1. The predicted molar refractivity (Wildman–Crippen MR) is 59.2 cm³/mol. The summed E-state index contributed by atoms with van der Waals surface area (Å²) in [5.74, 6) is -9.94. The number of nitrogens with zero attached hydrogens (tertiary/aromatic N) is 2. The molecule has 0 radical (unpaired) electrons. The molecule has 0 aliphatic carbocycles. The first-order chi connectivity index (χ1) is 9.49. The van der Waals surface area contributed by atoms with E-state index < -0.39 is 40.7 Å². The fourth-order valence-corrected chi connectivity index (χ4v) is 1.81. The molecule has 20 heavy (non-hydrogen) atoms. The maximum atomic E-state index is 13.7. The minimum atomic E-state index is -2.19. The summed E-state index contributed by atoms with van der Waals surface area (Å²) in [6, 6.07) is -1.26. The molecule has 0 fully saturated rings. The molecule has 0 amide bonds. The second kappa shape index (κ2) is 5.49. The van der Waals surface area contributed by atoms with Gasteiger partial charge in [0.15, 0.2) is 23.3 Å². The van der Waals surface area contributed by atoms with Crippen molar-refractivity contribution in [3.05, 3.63) is 58.9 Å². The fourth-order valence-electron chi connectivity index (χ4n) is 1.81. The quantitative estimate of drug-likeness (QED) is 0.536. The van der Waals surface area contributed by atoms with Crippen LogP contribution in [-0.4, -0.2) is 17.0 Å². The molecule has 3 nitrogen and oxygen atoms in total. The highest BCUT2D eigenvalue weighted by Gasteiger charge is 2.30. The van der Waals surface area contributed by atoms with E-state index in [-0.39, 0.29) is 5.56 Å². The van der Waals surface area contributed by atoms with Gasteiger partial charge in [-0.3, -0.25) is 0 Å². The zero-order valence-electron chi connectivity index (χ0n) is 10.1. The maximum absolute atomic E-state index is 13.7. The molecule has 0 saturated heterocycles. The molecule has 0 saturated carbocycles. The summed E-state index contributed by atoms with van der Waals surface area (Å²) in [5, 5.41) is 2.47. The van der Waals surface area contributed by atoms with Crippen LogP contribution in [0.15, 0.2) is 18.7 Å². The number of benzene rings is 1. The topological polar surface area (TPSA) is 37.8 Å². The zero-order valence-corrected chi connectivity index (χ0v) is 10.1. The third kappa shape index (κ3) is 2.22. The Bertz CT molecular complexity index is 604. The standard InChI is InChI=1S/C12H8F5N3/c1-18-12(5-2-19-4-20-3-5)6-7(13)9(15)11(17)10(16)8(6)14/h2-4,12,18H,1H3. The van der Waals surface area contributed by atoms with Crippen LogP contribution in [-0.2, 0) is 0 Å². The van der Waals surface area contributed by atoms with Crippen LogP contribution in [0.3, 0.4) is 0 Å². The Kier molecular flexibility index (Phi) is 3.93. The molecule has 2 aromatic rings. The van der Waals surface area contributed by atoms with Crippen molar-refractivity contribution in [3.8, 4) is 0 Å². The van der Waals surface area contributed by atoms with Crippen molar-refractivity contribution in [3.63, 3.8) is 0 Å². The smallest absolute Gasteiger partial charge is 0.200 e. The lowest BCUT2D eigenvalue weighted by atomic mass is 9.99. The van der Waals surface area contributed by atoms with E-state index in [9.17, 15) is 22.0 Å². The molecule has 0 aliphatic heterocycles. The van der Waals surface area contributed by atoms with E-state index in [0.29, 0.717) is 0 Å². The molecule has 106 valence electrons. The van der Waals surface area contributed by atoms with Gasteiger partial charge >= 0.3 is 0 Å². The van der Waals surface area contributed by atoms with E-state index in [2.05, 4.69) is 15.3 Å². The van der Waals surface area contributed by atoms with Crippen LogP contribution >= 0.6 is 0 Å². The van der Waals surface area contributed by atoms with Crippen molar-refractivity contribution in [1.82, 2.24) is 15.3 Å². The maximum Gasteiger partial charge on any atom is 0.200 e. The van der Waals surface area contributed by atoms with Crippen LogP contribution in [0, 0.1) is 29.1 Å². The molecule has 0 aliphatic rings. The van der Waals surface area contributed by atoms with Gasteiger partial charge in [0.05, 0.1) is 11.6 Å². The Morgan fingerprint density at radius 1 is 0.850 bits per heavy atom. The lowest BCUT2D eigenvalue weighted by molar-refractivity contribution is 0.363. The summed E-state index contributed by atoms with van der Waals surface area (Å²) in [4.78, 5) is 7.29. The first-order valence-electron chi connectivity index (χ1n) is 5.42. The van der Waals surface area contributed by atoms with Crippen molar-refractivity contribution < 1.29 is 22.0 Å². The van der Waals surface area contributed by atoms with Gasteiger partial charge in [-0.25, -0.2) is 31.9 Å². The number of hydrogen-bond donors (Lipinski definition) is 1. The molecule has 1 unspecified atom stereocenters. The highest BCUT2D eigenvalue weighted by molar-refractivity contribution is 5.33. The minimum Gasteiger partial charge on any atom is -0.309 e. The molecule has 1 heterocycles. The molecule has 0 spiro atoms. The van der Waals surface area contributed by atoms with Crippen molar-refractivity contribution in [2.75, 3.05) is 7.05 Å². The van der Waals surface area contributed by atoms with Crippen molar-refractivity contribution in [2.45, 2.75) is 6.04 Å². The highest BCUT2D eigenvalue weighted by Crippen LogP contribution is 2.30. The van der Waals surface area contributed by atoms with E-state index in [1.807, 2.05) is 0 Å². The third-order valence-corrected chi connectivity index (χ3v) is 2.73. The first-order valence-corrected chi connectivity index (χ1v) is 5.42. The average Bonchev–Trinajstić information content (AvgIpc) is 2.48. The predicted octanol–water partition coefficient (Wildman–Crippen LogP) is 2.48. The Labute approximate surface area is 110 Å². The second-order valence-corrected chi connectivity index (χ2v) is 3.88. The molecule has 1 aromatic heterocycles. The van der Waals surface area contributed by atoms with E-state index in [1.54, 1.807) is 0 Å². The molecule has 1 N–H and O–H groups in total. The Balaban J connectivity index is 2.68. The van der Waals surface area contributed by atoms with E-state index in [1.165, 1.54) is 25.8 Å². The van der Waals surface area contributed by atoms with E-state index in [0.717, 1.165) is 0 Å². The summed E-state index contributed by atoms with van der Waals surface area (Å²) < 4.78 is 66.8. The van der Waals surface area contributed by atoms with Gasteiger partial charge in [-0.1, -0.05) is 0 Å². The number of aromatic nitrogens is 2. The lowest BCUT2D eigenvalue weighted by Crippen LogP contribution is -2.23. The van der Waals surface area contributed by atoms with Crippen LogP contribution in [0.25, 0.3) is 0 Å². The molecule has 1 aromatic carbocycles. The van der Waals surface area contributed by atoms with E-state index in [4.69, 9.17) is 0 Å². The van der Waals surface area contributed by atoms with Crippen molar-refractivity contribution in [1.29, 1.82) is 0 Å². The summed E-state index contributed by atoms with van der Waals surface area (Å²) >= 11 is 0. The van der Waals surface area contributed by atoms with Crippen molar-refractivity contribution in [2.24, 2.45) is 0 Å². The van der Waals surface area contributed by atoms with Crippen LogP contribution in [0.5, 0.6) is 0 Å². The van der Waals surface area contributed by atoms with Crippen LogP contribution < -0.4 is 5.32 Å². The minimum absolute atomic E-state index is 0.165. The largest absolute Gasteiger partial charge is 0.309 e. The molecule has 2 rings (SSSR count). The summed E-state index contributed by atoms with van der Waals surface area (Å²) in [7, 11) is 1.32. The summed E-state index contributed by atoms with van der Waals surface area (Å²) in [6.07, 6.45) is 3.60. The Morgan fingerprint density at radius 2 is 1.30 bits per heavy atom. The van der Waals surface area contributed by atoms with Gasteiger partial charge in [-0.05, 0) is 7.05 Å². The second-order valence-electron chi connectivity index (χ2n) is 3.88. The van der Waals surface area contributed by atoms with Gasteiger partial charge in [0.2, 0.25) is 5.82 Å². The Hall–Kier alpha value is -2.09. The van der Waals surface area contributed by atoms with Gasteiger partial charge in [0, 0.05) is 18.0 Å². The highest BCUT2D eigenvalue weighted by atomic mass is 19.2. The van der Waals surface area contributed by atoms with Gasteiger partial charge in [0.25, 0.3) is 0 Å². The van der Waals surface area contributed by atoms with Gasteiger partial charge in [-0.15, -0.1) is 0 Å². The molecular weight excluding hydrogens is 281 g/mol. The van der Waals surface area contributed by atoms with Gasteiger partial charge < -0.3 is 5.32 Å². The van der Waals surface area contributed by atoms with E-state index >= 15 is 0 Å².